The third kappa shape index (κ3) is 4.05. The number of ketones is 1. The van der Waals surface area contributed by atoms with Gasteiger partial charge < -0.3 is 8.83 Å². The summed E-state index contributed by atoms with van der Waals surface area (Å²) in [5.41, 5.74) is 1.65. The van der Waals surface area contributed by atoms with Crippen LogP contribution in [0.1, 0.15) is 16.3 Å². The molecule has 0 fully saturated rings. The normalized spacial score (nSPS) is 11.2. The Balaban J connectivity index is 1.47. The summed E-state index contributed by atoms with van der Waals surface area (Å²) in [6, 6.07) is 20.6. The minimum atomic E-state index is -0.324. The SMILES string of the molecule is O=C(/C=C/c1ccc(-c2ccc(Br)cc2)o1)c1ccc(-c2ccc(F)cc2)o1. The fourth-order valence-electron chi connectivity index (χ4n) is 2.69. The monoisotopic (exact) mass is 436 g/mol. The van der Waals surface area contributed by atoms with E-state index < -0.39 is 0 Å². The first-order chi connectivity index (χ1) is 13.6. The lowest BCUT2D eigenvalue weighted by Gasteiger charge is -1.97. The standard InChI is InChI=1S/C23H14BrFO3/c24-17-5-1-15(2-6-17)21-12-10-19(27-21)9-11-20(26)23-14-13-22(28-23)16-3-7-18(25)8-4-16/h1-14H/b11-9+. The van der Waals surface area contributed by atoms with Crippen molar-refractivity contribution in [1.82, 2.24) is 0 Å². The van der Waals surface area contributed by atoms with Crippen molar-refractivity contribution in [3.63, 3.8) is 0 Å². The molecule has 0 N–H and O–H groups in total. The van der Waals surface area contributed by atoms with Gasteiger partial charge in [0, 0.05) is 15.6 Å². The van der Waals surface area contributed by atoms with Gasteiger partial charge in [0.2, 0.25) is 5.78 Å². The number of furan rings is 2. The van der Waals surface area contributed by atoms with Crippen LogP contribution in [0.5, 0.6) is 0 Å². The van der Waals surface area contributed by atoms with E-state index >= 15 is 0 Å². The van der Waals surface area contributed by atoms with Gasteiger partial charge in [-0.1, -0.05) is 28.1 Å². The van der Waals surface area contributed by atoms with Crippen LogP contribution in [0, 0.1) is 5.82 Å². The largest absolute Gasteiger partial charge is 0.457 e. The van der Waals surface area contributed by atoms with E-state index in [9.17, 15) is 9.18 Å². The lowest BCUT2D eigenvalue weighted by Crippen LogP contribution is -1.90. The lowest BCUT2D eigenvalue weighted by atomic mass is 10.2. The molecule has 0 atom stereocenters. The third-order valence-corrected chi connectivity index (χ3v) is 4.66. The van der Waals surface area contributed by atoms with Crippen LogP contribution in [0.15, 0.2) is 92.2 Å². The van der Waals surface area contributed by atoms with E-state index in [0.29, 0.717) is 17.1 Å². The van der Waals surface area contributed by atoms with Gasteiger partial charge in [-0.25, -0.2) is 4.39 Å². The first kappa shape index (κ1) is 18.2. The van der Waals surface area contributed by atoms with Gasteiger partial charge in [-0.15, -0.1) is 0 Å². The van der Waals surface area contributed by atoms with E-state index in [-0.39, 0.29) is 17.4 Å². The van der Waals surface area contributed by atoms with Gasteiger partial charge in [-0.05, 0) is 72.8 Å². The summed E-state index contributed by atoms with van der Waals surface area (Å²) in [6.45, 7) is 0. The number of hydrogen-bond donors (Lipinski definition) is 0. The van der Waals surface area contributed by atoms with Crippen molar-refractivity contribution >= 4 is 27.8 Å². The summed E-state index contributed by atoms with van der Waals surface area (Å²) in [4.78, 5) is 12.3. The maximum Gasteiger partial charge on any atom is 0.221 e. The third-order valence-electron chi connectivity index (χ3n) is 4.13. The van der Waals surface area contributed by atoms with Crippen LogP contribution in [0.25, 0.3) is 28.7 Å². The first-order valence-electron chi connectivity index (χ1n) is 8.52. The second kappa shape index (κ2) is 7.82. The highest BCUT2D eigenvalue weighted by Crippen LogP contribution is 2.25. The van der Waals surface area contributed by atoms with E-state index in [2.05, 4.69) is 15.9 Å². The molecule has 0 spiro atoms. The van der Waals surface area contributed by atoms with Gasteiger partial charge in [0.05, 0.1) is 0 Å². The molecule has 3 nitrogen and oxygen atoms in total. The van der Waals surface area contributed by atoms with Crippen LogP contribution in [0.2, 0.25) is 0 Å². The molecule has 0 aliphatic carbocycles. The molecule has 4 rings (SSSR count). The second-order valence-electron chi connectivity index (χ2n) is 6.08. The molecule has 138 valence electrons. The summed E-state index contributed by atoms with van der Waals surface area (Å²) >= 11 is 3.40. The van der Waals surface area contributed by atoms with Crippen molar-refractivity contribution in [3.05, 3.63) is 101 Å². The average Bonchev–Trinajstić information content (AvgIpc) is 3.37. The highest BCUT2D eigenvalue weighted by atomic mass is 79.9. The maximum atomic E-state index is 13.0. The minimum absolute atomic E-state index is 0.204. The highest BCUT2D eigenvalue weighted by molar-refractivity contribution is 9.10. The smallest absolute Gasteiger partial charge is 0.221 e. The van der Waals surface area contributed by atoms with Crippen molar-refractivity contribution < 1.29 is 18.0 Å². The Labute approximate surface area is 169 Å². The average molecular weight is 437 g/mol. The van der Waals surface area contributed by atoms with Gasteiger partial charge in [0.25, 0.3) is 0 Å². The summed E-state index contributed by atoms with van der Waals surface area (Å²) < 4.78 is 25.4. The van der Waals surface area contributed by atoms with Gasteiger partial charge in [-0.2, -0.15) is 0 Å². The predicted octanol–water partition coefficient (Wildman–Crippen LogP) is 7.00. The highest BCUT2D eigenvalue weighted by Gasteiger charge is 2.10. The molecular formula is C23H14BrFO3. The number of hydrogen-bond acceptors (Lipinski definition) is 3. The molecule has 2 heterocycles. The Hall–Kier alpha value is -3.18. The number of carbonyl (C=O) groups excluding carboxylic acids is 1. The van der Waals surface area contributed by atoms with Crippen molar-refractivity contribution in [2.75, 3.05) is 0 Å². The fraction of sp³-hybridized carbons (Fsp3) is 0. The molecule has 2 aromatic carbocycles. The van der Waals surface area contributed by atoms with E-state index in [0.717, 1.165) is 15.8 Å². The summed E-state index contributed by atoms with van der Waals surface area (Å²) in [5.74, 6) is 1.39. The Morgan fingerprint density at radius 1 is 0.786 bits per heavy atom. The van der Waals surface area contributed by atoms with Gasteiger partial charge in [0.1, 0.15) is 23.1 Å². The first-order valence-corrected chi connectivity index (χ1v) is 9.32. The number of halogens is 2. The molecule has 28 heavy (non-hydrogen) atoms. The lowest BCUT2D eigenvalue weighted by molar-refractivity contribution is 0.102. The van der Waals surface area contributed by atoms with E-state index in [1.165, 1.54) is 18.2 Å². The van der Waals surface area contributed by atoms with Gasteiger partial charge in [0.15, 0.2) is 5.76 Å². The Bertz CT molecular complexity index is 1140. The zero-order valence-corrected chi connectivity index (χ0v) is 16.1. The van der Waals surface area contributed by atoms with Gasteiger partial charge in [-0.3, -0.25) is 4.79 Å². The summed E-state index contributed by atoms with van der Waals surface area (Å²) in [7, 11) is 0. The molecule has 0 aliphatic heterocycles. The second-order valence-corrected chi connectivity index (χ2v) is 6.99. The zero-order chi connectivity index (χ0) is 19.5. The predicted molar refractivity (Wildman–Crippen MR) is 109 cm³/mol. The van der Waals surface area contributed by atoms with Crippen molar-refractivity contribution in [2.45, 2.75) is 0 Å². The molecule has 4 aromatic rings. The topological polar surface area (TPSA) is 43.4 Å². The fourth-order valence-corrected chi connectivity index (χ4v) is 2.96. The van der Waals surface area contributed by atoms with E-state index in [1.54, 1.807) is 36.4 Å². The number of rotatable bonds is 5. The molecule has 5 heteroatoms. The molecule has 0 unspecified atom stereocenters. The number of allylic oxidation sites excluding steroid dienone is 1. The number of carbonyl (C=O) groups is 1. The van der Waals surface area contributed by atoms with Crippen LogP contribution in [-0.4, -0.2) is 5.78 Å². The number of benzene rings is 2. The molecule has 2 aromatic heterocycles. The van der Waals surface area contributed by atoms with Crippen LogP contribution in [0.4, 0.5) is 4.39 Å². The Morgan fingerprint density at radius 2 is 1.39 bits per heavy atom. The Morgan fingerprint density at radius 3 is 2.11 bits per heavy atom. The van der Waals surface area contributed by atoms with Crippen molar-refractivity contribution in [1.29, 1.82) is 0 Å². The van der Waals surface area contributed by atoms with Gasteiger partial charge >= 0.3 is 0 Å². The quantitative estimate of drug-likeness (QED) is 0.249. The molecular weight excluding hydrogens is 423 g/mol. The molecule has 0 saturated heterocycles. The molecule has 0 radical (unpaired) electrons. The molecule has 0 saturated carbocycles. The minimum Gasteiger partial charge on any atom is -0.457 e. The summed E-state index contributed by atoms with van der Waals surface area (Å²) in [5, 5.41) is 0. The van der Waals surface area contributed by atoms with Crippen LogP contribution < -0.4 is 0 Å². The molecule has 0 amide bonds. The molecule has 0 bridgehead atoms. The van der Waals surface area contributed by atoms with Crippen LogP contribution >= 0.6 is 15.9 Å². The van der Waals surface area contributed by atoms with Crippen LogP contribution in [-0.2, 0) is 0 Å². The van der Waals surface area contributed by atoms with Crippen LogP contribution in [0.3, 0.4) is 0 Å². The van der Waals surface area contributed by atoms with E-state index in [4.69, 9.17) is 8.83 Å². The maximum absolute atomic E-state index is 13.0. The Kier molecular flexibility index (Phi) is 5.08. The molecule has 0 aliphatic rings. The van der Waals surface area contributed by atoms with E-state index in [1.807, 2.05) is 30.3 Å². The van der Waals surface area contributed by atoms with Crippen molar-refractivity contribution in [3.8, 4) is 22.6 Å². The summed E-state index contributed by atoms with van der Waals surface area (Å²) in [6.07, 6.45) is 3.00. The zero-order valence-electron chi connectivity index (χ0n) is 14.6. The van der Waals surface area contributed by atoms with Crippen molar-refractivity contribution in [2.24, 2.45) is 0 Å².